The highest BCUT2D eigenvalue weighted by molar-refractivity contribution is 7.99. The number of nitrogens with zero attached hydrogens (tertiary/aromatic N) is 2. The van der Waals surface area contributed by atoms with E-state index in [4.69, 9.17) is 0 Å². The van der Waals surface area contributed by atoms with Crippen molar-refractivity contribution in [2.75, 3.05) is 43.5 Å². The third kappa shape index (κ3) is 7.96. The van der Waals surface area contributed by atoms with Crippen molar-refractivity contribution >= 4 is 43.4 Å². The van der Waals surface area contributed by atoms with Gasteiger partial charge in [-0.15, -0.1) is 0 Å². The quantitative estimate of drug-likeness (QED) is 0.476. The van der Waals surface area contributed by atoms with Gasteiger partial charge >= 0.3 is 0 Å². The number of anilines is 1. The number of hydrogen-bond acceptors (Lipinski definition) is 6. The normalized spacial score (nSPS) is 15.7. The molecule has 31 heavy (non-hydrogen) atoms. The fourth-order valence-electron chi connectivity index (χ4n) is 3.36. The maximum Gasteiger partial charge on any atom is 0.242 e. The zero-order chi connectivity index (χ0) is 23.1. The Balaban J connectivity index is 1.90. The second-order valence-electron chi connectivity index (χ2n) is 7.89. The number of carbonyl (C=O) groups is 1. The molecule has 1 aromatic carbocycles. The van der Waals surface area contributed by atoms with E-state index in [9.17, 15) is 21.6 Å². The lowest BCUT2D eigenvalue weighted by molar-refractivity contribution is -0.119. The predicted octanol–water partition coefficient (Wildman–Crippen LogP) is 2.28. The van der Waals surface area contributed by atoms with Crippen molar-refractivity contribution in [1.29, 1.82) is 0 Å². The zero-order valence-electron chi connectivity index (χ0n) is 18.4. The zero-order valence-corrected chi connectivity index (χ0v) is 20.9. The number of nitrogens with one attached hydrogen (secondary N) is 1. The summed E-state index contributed by atoms with van der Waals surface area (Å²) in [5.74, 6) is 0.584. The number of hydrogen-bond donors (Lipinski definition) is 1. The Morgan fingerprint density at radius 1 is 1.06 bits per heavy atom. The molecular formula is C20H33N3O5S3. The Hall–Kier alpha value is -1.30. The summed E-state index contributed by atoms with van der Waals surface area (Å²) in [6.45, 7) is 0.143. The Labute approximate surface area is 190 Å². The molecular weight excluding hydrogens is 458 g/mol. The van der Waals surface area contributed by atoms with Crippen LogP contribution in [0.1, 0.15) is 38.5 Å². The average Bonchev–Trinajstić information content (AvgIpc) is 2.71. The molecule has 0 bridgehead atoms. The summed E-state index contributed by atoms with van der Waals surface area (Å²) in [6, 6.07) is 5.46. The Kier molecular flexibility index (Phi) is 9.66. The number of amides is 1. The van der Waals surface area contributed by atoms with E-state index in [0.717, 1.165) is 32.3 Å². The highest BCUT2D eigenvalue weighted by atomic mass is 32.2. The molecule has 176 valence electrons. The largest absolute Gasteiger partial charge is 0.354 e. The molecule has 1 N–H and O–H groups in total. The van der Waals surface area contributed by atoms with E-state index in [-0.39, 0.29) is 17.1 Å². The van der Waals surface area contributed by atoms with Gasteiger partial charge in [-0.3, -0.25) is 9.10 Å². The van der Waals surface area contributed by atoms with Crippen LogP contribution in [0.25, 0.3) is 0 Å². The van der Waals surface area contributed by atoms with Crippen molar-refractivity contribution in [2.24, 2.45) is 0 Å². The monoisotopic (exact) mass is 491 g/mol. The van der Waals surface area contributed by atoms with Crippen LogP contribution in [-0.4, -0.2) is 71.5 Å². The maximum absolute atomic E-state index is 12.3. The fraction of sp³-hybridized carbons (Fsp3) is 0.650. The molecule has 0 spiro atoms. The van der Waals surface area contributed by atoms with Crippen molar-refractivity contribution in [3.05, 3.63) is 24.3 Å². The van der Waals surface area contributed by atoms with Crippen molar-refractivity contribution in [1.82, 2.24) is 9.62 Å². The molecule has 1 fully saturated rings. The SMILES string of the molecule is CN(C)S(=O)(=O)c1ccc(N(CC(=O)NCCCSC2CCCCC2)S(C)(=O)=O)cc1. The van der Waals surface area contributed by atoms with Gasteiger partial charge < -0.3 is 5.32 Å². The Bertz CT molecular complexity index is 925. The molecule has 1 aliphatic carbocycles. The van der Waals surface area contributed by atoms with E-state index in [1.165, 1.54) is 70.5 Å². The summed E-state index contributed by atoms with van der Waals surface area (Å²) in [4.78, 5) is 12.4. The highest BCUT2D eigenvalue weighted by Gasteiger charge is 2.23. The minimum absolute atomic E-state index is 0.0506. The summed E-state index contributed by atoms with van der Waals surface area (Å²) in [7, 11) is -4.50. The predicted molar refractivity (Wildman–Crippen MR) is 126 cm³/mol. The van der Waals surface area contributed by atoms with Gasteiger partial charge in [0.15, 0.2) is 0 Å². The standard InChI is InChI=1S/C20H33N3O5S3/c1-22(2)31(27,28)19-12-10-17(11-13-19)23(30(3,25)26)16-20(24)21-14-7-15-29-18-8-5-4-6-9-18/h10-13,18H,4-9,14-16H2,1-3H3,(H,21,24). The number of benzene rings is 1. The van der Waals surface area contributed by atoms with Gasteiger partial charge in [0.2, 0.25) is 26.0 Å². The van der Waals surface area contributed by atoms with Gasteiger partial charge in [0, 0.05) is 25.9 Å². The van der Waals surface area contributed by atoms with Crippen molar-refractivity contribution in [3.8, 4) is 0 Å². The summed E-state index contributed by atoms with van der Waals surface area (Å²) in [6.07, 6.45) is 8.34. The van der Waals surface area contributed by atoms with Crippen molar-refractivity contribution in [2.45, 2.75) is 48.7 Å². The molecule has 2 rings (SSSR count). The van der Waals surface area contributed by atoms with Crippen LogP contribution in [0, 0.1) is 0 Å². The molecule has 0 aliphatic heterocycles. The van der Waals surface area contributed by atoms with Crippen molar-refractivity contribution in [3.63, 3.8) is 0 Å². The molecule has 1 amide bonds. The first-order chi connectivity index (χ1) is 14.5. The molecule has 0 aromatic heterocycles. The first-order valence-corrected chi connectivity index (χ1v) is 14.7. The summed E-state index contributed by atoms with van der Waals surface area (Å²) in [5, 5.41) is 3.51. The minimum Gasteiger partial charge on any atom is -0.354 e. The van der Waals surface area contributed by atoms with Gasteiger partial charge in [0.25, 0.3) is 0 Å². The molecule has 1 aliphatic rings. The first kappa shape index (κ1) is 26.0. The summed E-state index contributed by atoms with van der Waals surface area (Å²) >= 11 is 1.96. The van der Waals surface area contributed by atoms with E-state index < -0.39 is 26.0 Å². The third-order valence-electron chi connectivity index (χ3n) is 5.14. The lowest BCUT2D eigenvalue weighted by Crippen LogP contribution is -2.40. The van der Waals surface area contributed by atoms with Crippen LogP contribution in [0.4, 0.5) is 5.69 Å². The van der Waals surface area contributed by atoms with Crippen LogP contribution in [0.2, 0.25) is 0 Å². The molecule has 8 nitrogen and oxygen atoms in total. The minimum atomic E-state index is -3.72. The fourth-order valence-corrected chi connectivity index (χ4v) is 6.43. The molecule has 0 heterocycles. The topological polar surface area (TPSA) is 104 Å². The van der Waals surface area contributed by atoms with Crippen LogP contribution in [0.15, 0.2) is 29.2 Å². The second-order valence-corrected chi connectivity index (χ2v) is 13.4. The number of rotatable bonds is 11. The number of carbonyl (C=O) groups excluding carboxylic acids is 1. The van der Waals surface area contributed by atoms with Crippen molar-refractivity contribution < 1.29 is 21.6 Å². The lowest BCUT2D eigenvalue weighted by atomic mass is 10.0. The Morgan fingerprint density at radius 3 is 2.23 bits per heavy atom. The van der Waals surface area contributed by atoms with Crippen LogP contribution in [0.3, 0.4) is 0 Å². The van der Waals surface area contributed by atoms with Crippen LogP contribution >= 0.6 is 11.8 Å². The van der Waals surface area contributed by atoms with Gasteiger partial charge in [-0.2, -0.15) is 11.8 Å². The van der Waals surface area contributed by atoms with E-state index in [1.807, 2.05) is 11.8 Å². The van der Waals surface area contributed by atoms with Crippen LogP contribution in [0.5, 0.6) is 0 Å². The van der Waals surface area contributed by atoms with E-state index >= 15 is 0 Å². The highest BCUT2D eigenvalue weighted by Crippen LogP contribution is 2.28. The third-order valence-corrected chi connectivity index (χ3v) is 9.58. The van der Waals surface area contributed by atoms with Crippen LogP contribution < -0.4 is 9.62 Å². The molecule has 11 heteroatoms. The number of sulfonamides is 2. The Morgan fingerprint density at radius 2 is 1.68 bits per heavy atom. The lowest BCUT2D eigenvalue weighted by Gasteiger charge is -2.22. The smallest absolute Gasteiger partial charge is 0.242 e. The van der Waals surface area contributed by atoms with Crippen LogP contribution in [-0.2, 0) is 24.8 Å². The summed E-state index contributed by atoms with van der Waals surface area (Å²) in [5.41, 5.74) is 0.239. The molecule has 1 saturated carbocycles. The average molecular weight is 492 g/mol. The van der Waals surface area contributed by atoms with Gasteiger partial charge in [0.05, 0.1) is 16.8 Å². The first-order valence-electron chi connectivity index (χ1n) is 10.4. The second kappa shape index (κ2) is 11.5. The molecule has 1 aromatic rings. The molecule has 0 unspecified atom stereocenters. The molecule has 0 atom stereocenters. The van der Waals surface area contributed by atoms with Gasteiger partial charge in [0.1, 0.15) is 6.54 Å². The van der Waals surface area contributed by atoms with Gasteiger partial charge in [-0.1, -0.05) is 19.3 Å². The molecule has 0 radical (unpaired) electrons. The van der Waals surface area contributed by atoms with E-state index in [2.05, 4.69) is 5.32 Å². The number of thioether (sulfide) groups is 1. The maximum atomic E-state index is 12.3. The van der Waals surface area contributed by atoms with Gasteiger partial charge in [-0.05, 0) is 49.3 Å². The summed E-state index contributed by atoms with van der Waals surface area (Å²) < 4.78 is 50.9. The van der Waals surface area contributed by atoms with Gasteiger partial charge in [-0.25, -0.2) is 21.1 Å². The van der Waals surface area contributed by atoms with E-state index in [1.54, 1.807) is 0 Å². The molecule has 0 saturated heterocycles. The van der Waals surface area contributed by atoms with E-state index in [0.29, 0.717) is 6.54 Å².